The molecule has 3 heteroatoms. The van der Waals surface area contributed by atoms with E-state index in [9.17, 15) is 0 Å². The molecule has 1 atom stereocenters. The Morgan fingerprint density at radius 1 is 1.86 bits per heavy atom. The fourth-order valence-corrected chi connectivity index (χ4v) is 0.983. The van der Waals surface area contributed by atoms with Crippen LogP contribution in [0, 0.1) is 0 Å². The Morgan fingerprint density at radius 3 is 2.71 bits per heavy atom. The molecule has 0 saturated carbocycles. The van der Waals surface area contributed by atoms with E-state index in [0.717, 1.165) is 0 Å². The molecule has 1 unspecified atom stereocenters. The summed E-state index contributed by atoms with van der Waals surface area (Å²) in [6.45, 7) is 0. The Kier molecular flexibility index (Phi) is 1.37. The van der Waals surface area contributed by atoms with E-state index in [1.54, 1.807) is 10.4 Å². The molecular formula is C4H7NOS. The van der Waals surface area contributed by atoms with E-state index in [1.165, 1.54) is 11.9 Å². The van der Waals surface area contributed by atoms with Gasteiger partial charge in [0.15, 0.2) is 0 Å². The molecule has 0 aromatic carbocycles. The lowest BCUT2D eigenvalue weighted by Gasteiger charge is -2.09. The van der Waals surface area contributed by atoms with Gasteiger partial charge >= 0.3 is 0 Å². The highest BCUT2D eigenvalue weighted by Crippen LogP contribution is 2.18. The van der Waals surface area contributed by atoms with Crippen molar-refractivity contribution in [2.24, 2.45) is 0 Å². The highest BCUT2D eigenvalue weighted by Gasteiger charge is 2.10. The lowest BCUT2D eigenvalue weighted by atomic mass is 10.6. The molecule has 0 aromatic rings. The van der Waals surface area contributed by atoms with Crippen molar-refractivity contribution in [3.05, 3.63) is 11.5 Å². The number of aliphatic hydroxyl groups is 1. The first kappa shape index (κ1) is 5.15. The topological polar surface area (TPSA) is 23.5 Å². The average molecular weight is 117 g/mol. The number of likely N-dealkylation sites (N-methyl/N-ethyl adjacent to an activating group) is 1. The summed E-state index contributed by atoms with van der Waals surface area (Å²) in [7, 11) is 1.84. The summed E-state index contributed by atoms with van der Waals surface area (Å²) < 4.78 is 1.76. The molecule has 0 aromatic heterocycles. The van der Waals surface area contributed by atoms with Crippen LogP contribution < -0.4 is 0 Å². The Labute approximate surface area is 47.0 Å². The van der Waals surface area contributed by atoms with Crippen LogP contribution in [-0.2, 0) is 0 Å². The standard InChI is InChI=1S/C4H7NOS/c1-5-4(6)2-3-7-5/h2-4,6H,1H3. The van der Waals surface area contributed by atoms with Gasteiger partial charge in [0.2, 0.25) is 0 Å². The lowest BCUT2D eigenvalue weighted by molar-refractivity contribution is 0.137. The summed E-state index contributed by atoms with van der Waals surface area (Å²) in [4.78, 5) is 0. The number of aliphatic hydroxyl groups excluding tert-OH is 1. The summed E-state index contributed by atoms with van der Waals surface area (Å²) in [5, 5.41) is 10.7. The average Bonchev–Trinajstić information content (AvgIpc) is 1.91. The van der Waals surface area contributed by atoms with E-state index in [4.69, 9.17) is 5.11 Å². The minimum atomic E-state index is -0.370. The van der Waals surface area contributed by atoms with E-state index in [1.807, 2.05) is 12.5 Å². The molecule has 1 N–H and O–H groups in total. The predicted molar refractivity (Wildman–Crippen MR) is 30.5 cm³/mol. The van der Waals surface area contributed by atoms with E-state index in [0.29, 0.717) is 0 Å². The van der Waals surface area contributed by atoms with E-state index in [-0.39, 0.29) is 6.23 Å². The highest BCUT2D eigenvalue weighted by atomic mass is 32.2. The fraction of sp³-hybridized carbons (Fsp3) is 0.500. The molecule has 40 valence electrons. The first-order chi connectivity index (χ1) is 3.30. The maximum Gasteiger partial charge on any atom is 0.136 e. The van der Waals surface area contributed by atoms with E-state index < -0.39 is 0 Å². The first-order valence-corrected chi connectivity index (χ1v) is 2.89. The van der Waals surface area contributed by atoms with Crippen LogP contribution in [0.4, 0.5) is 0 Å². The van der Waals surface area contributed by atoms with Gasteiger partial charge in [0.25, 0.3) is 0 Å². The largest absolute Gasteiger partial charge is 0.374 e. The Morgan fingerprint density at radius 2 is 2.57 bits per heavy atom. The van der Waals surface area contributed by atoms with Crippen LogP contribution in [-0.4, -0.2) is 22.7 Å². The molecule has 0 amide bonds. The number of nitrogens with zero attached hydrogens (tertiary/aromatic N) is 1. The SMILES string of the molecule is CN1SC=CC1O. The summed E-state index contributed by atoms with van der Waals surface area (Å²) in [5.41, 5.74) is 0. The summed E-state index contributed by atoms with van der Waals surface area (Å²) in [6.07, 6.45) is 1.37. The molecule has 0 spiro atoms. The third-order valence-electron chi connectivity index (χ3n) is 0.850. The van der Waals surface area contributed by atoms with Crippen LogP contribution in [0.25, 0.3) is 0 Å². The number of hydrogen-bond donors (Lipinski definition) is 1. The van der Waals surface area contributed by atoms with Crippen LogP contribution in [0.1, 0.15) is 0 Å². The van der Waals surface area contributed by atoms with Crippen LogP contribution in [0.2, 0.25) is 0 Å². The minimum Gasteiger partial charge on any atom is -0.374 e. The van der Waals surface area contributed by atoms with Gasteiger partial charge < -0.3 is 5.11 Å². The van der Waals surface area contributed by atoms with Gasteiger partial charge in [0, 0.05) is 7.05 Å². The van der Waals surface area contributed by atoms with Crippen molar-refractivity contribution in [2.75, 3.05) is 7.05 Å². The Hall–Kier alpha value is 0.01000. The Balaban J connectivity index is 2.45. The normalized spacial score (nSPS) is 32.0. The predicted octanol–water partition coefficient (Wildman–Crippen LogP) is 0.412. The molecule has 2 nitrogen and oxygen atoms in total. The third kappa shape index (κ3) is 0.964. The van der Waals surface area contributed by atoms with E-state index in [2.05, 4.69) is 0 Å². The number of hydrogen-bond acceptors (Lipinski definition) is 3. The van der Waals surface area contributed by atoms with Gasteiger partial charge in [-0.2, -0.15) is 0 Å². The van der Waals surface area contributed by atoms with Crippen molar-refractivity contribution >= 4 is 11.9 Å². The van der Waals surface area contributed by atoms with Crippen molar-refractivity contribution in [3.8, 4) is 0 Å². The zero-order chi connectivity index (χ0) is 5.28. The fourth-order valence-electron chi connectivity index (χ4n) is 0.385. The third-order valence-corrected chi connectivity index (χ3v) is 1.68. The molecule has 0 bridgehead atoms. The quantitative estimate of drug-likeness (QED) is 0.465. The minimum absolute atomic E-state index is 0.370. The molecule has 0 fully saturated rings. The van der Waals surface area contributed by atoms with Crippen molar-refractivity contribution in [1.29, 1.82) is 0 Å². The molecule has 1 aliphatic rings. The van der Waals surface area contributed by atoms with Crippen LogP contribution in [0.5, 0.6) is 0 Å². The van der Waals surface area contributed by atoms with Gasteiger partial charge in [-0.3, -0.25) is 0 Å². The smallest absolute Gasteiger partial charge is 0.136 e. The summed E-state index contributed by atoms with van der Waals surface area (Å²) >= 11 is 1.51. The second kappa shape index (κ2) is 1.86. The zero-order valence-electron chi connectivity index (χ0n) is 4.03. The van der Waals surface area contributed by atoms with Gasteiger partial charge in [0.1, 0.15) is 6.23 Å². The van der Waals surface area contributed by atoms with Gasteiger partial charge in [-0.15, -0.1) is 0 Å². The zero-order valence-corrected chi connectivity index (χ0v) is 4.85. The van der Waals surface area contributed by atoms with Gasteiger partial charge in [-0.05, 0) is 23.4 Å². The molecular weight excluding hydrogens is 110 g/mol. The van der Waals surface area contributed by atoms with Crippen molar-refractivity contribution in [2.45, 2.75) is 6.23 Å². The molecule has 0 saturated heterocycles. The molecule has 0 radical (unpaired) electrons. The molecule has 0 aliphatic carbocycles. The first-order valence-electron chi connectivity index (χ1n) is 2.05. The summed E-state index contributed by atoms with van der Waals surface area (Å²) in [6, 6.07) is 0. The molecule has 1 heterocycles. The van der Waals surface area contributed by atoms with Crippen molar-refractivity contribution < 1.29 is 5.11 Å². The highest BCUT2D eigenvalue weighted by molar-refractivity contribution is 8.00. The summed E-state index contributed by atoms with van der Waals surface area (Å²) in [5.74, 6) is 0. The van der Waals surface area contributed by atoms with Crippen molar-refractivity contribution in [3.63, 3.8) is 0 Å². The van der Waals surface area contributed by atoms with Gasteiger partial charge in [-0.1, -0.05) is 0 Å². The lowest BCUT2D eigenvalue weighted by Crippen LogP contribution is -2.17. The molecule has 1 rings (SSSR count). The van der Waals surface area contributed by atoms with Crippen LogP contribution >= 0.6 is 11.9 Å². The van der Waals surface area contributed by atoms with Crippen LogP contribution in [0.3, 0.4) is 0 Å². The monoisotopic (exact) mass is 117 g/mol. The number of rotatable bonds is 0. The molecule has 7 heavy (non-hydrogen) atoms. The van der Waals surface area contributed by atoms with E-state index >= 15 is 0 Å². The van der Waals surface area contributed by atoms with Crippen LogP contribution in [0.15, 0.2) is 11.5 Å². The van der Waals surface area contributed by atoms with Gasteiger partial charge in [-0.25, -0.2) is 4.31 Å². The maximum absolute atomic E-state index is 8.82. The second-order valence-electron chi connectivity index (χ2n) is 1.39. The second-order valence-corrected chi connectivity index (χ2v) is 2.45. The molecule has 1 aliphatic heterocycles. The Bertz CT molecular complexity index is 93.7. The van der Waals surface area contributed by atoms with Crippen molar-refractivity contribution in [1.82, 2.24) is 4.31 Å². The van der Waals surface area contributed by atoms with Gasteiger partial charge in [0.05, 0.1) is 0 Å². The maximum atomic E-state index is 8.82.